The molecule has 0 aromatic heterocycles. The summed E-state index contributed by atoms with van der Waals surface area (Å²) in [5.41, 5.74) is 4.96. The van der Waals surface area contributed by atoms with Gasteiger partial charge in [0.15, 0.2) is 0 Å². The Kier molecular flexibility index (Phi) is 7.63. The molecule has 1 amide bonds. The molecule has 2 aromatic rings. The molecule has 1 heterocycles. The highest BCUT2D eigenvalue weighted by atomic mass is 32.2. The Morgan fingerprint density at radius 3 is 2.45 bits per heavy atom. The quantitative estimate of drug-likeness (QED) is 0.332. The molecule has 3 rings (SSSR count). The number of nitrogens with one attached hydrogen (secondary N) is 3. The van der Waals surface area contributed by atoms with Crippen molar-refractivity contribution in [1.82, 2.24) is 20.4 Å². The third kappa shape index (κ3) is 6.25. The first-order valence-electron chi connectivity index (χ1n) is 9.97. The van der Waals surface area contributed by atoms with E-state index in [1.165, 1.54) is 12.1 Å². The van der Waals surface area contributed by atoms with Crippen molar-refractivity contribution in [1.29, 1.82) is 0 Å². The lowest BCUT2D eigenvalue weighted by Gasteiger charge is -2.24. The number of carbonyl (C=O) groups is 1. The summed E-state index contributed by atoms with van der Waals surface area (Å²) in [6.45, 7) is 5.97. The van der Waals surface area contributed by atoms with Crippen LogP contribution < -0.4 is 20.3 Å². The van der Waals surface area contributed by atoms with Crippen LogP contribution >= 0.6 is 0 Å². The summed E-state index contributed by atoms with van der Waals surface area (Å²) < 4.78 is 33.5. The lowest BCUT2D eigenvalue weighted by atomic mass is 10.1. The second kappa shape index (κ2) is 10.2. The predicted octanol–water partition coefficient (Wildman–Crippen LogP) is 0.897. The van der Waals surface area contributed by atoms with Gasteiger partial charge in [0, 0.05) is 26.3 Å². The Morgan fingerprint density at radius 1 is 1.19 bits per heavy atom. The lowest BCUT2D eigenvalue weighted by Crippen LogP contribution is -2.51. The van der Waals surface area contributed by atoms with Crippen LogP contribution in [0.15, 0.2) is 47.4 Å². The third-order valence-corrected chi connectivity index (χ3v) is 6.47. The van der Waals surface area contributed by atoms with Gasteiger partial charge in [-0.25, -0.2) is 18.6 Å². The third-order valence-electron chi connectivity index (χ3n) is 5.03. The summed E-state index contributed by atoms with van der Waals surface area (Å²) in [6.07, 6.45) is 0. The van der Waals surface area contributed by atoms with Gasteiger partial charge in [0.2, 0.25) is 10.0 Å². The fraction of sp³-hybridized carbons (Fsp3) is 0.381. The van der Waals surface area contributed by atoms with Gasteiger partial charge in [0.1, 0.15) is 18.4 Å². The number of amides is 1. The Hall–Kier alpha value is -2.50. The van der Waals surface area contributed by atoms with Crippen LogP contribution in [0.4, 0.5) is 0 Å². The Labute approximate surface area is 182 Å². The van der Waals surface area contributed by atoms with Crippen LogP contribution in [0.5, 0.6) is 5.75 Å². The smallest absolute Gasteiger partial charge is 0.262 e. The Bertz CT molecular complexity index is 985. The molecule has 4 N–H and O–H groups in total. The van der Waals surface area contributed by atoms with Crippen molar-refractivity contribution in [3.8, 4) is 5.75 Å². The number of hydrogen-bond acceptors (Lipinski definition) is 7. The lowest BCUT2D eigenvalue weighted by molar-refractivity contribution is -0.134. The largest absolute Gasteiger partial charge is 0.489 e. The number of sulfonamides is 1. The molecule has 31 heavy (non-hydrogen) atoms. The maximum Gasteiger partial charge on any atom is 0.262 e. The molecule has 9 nitrogen and oxygen atoms in total. The molecule has 1 aliphatic rings. The minimum absolute atomic E-state index is 0.0638. The van der Waals surface area contributed by atoms with Crippen LogP contribution in [0.25, 0.3) is 0 Å². The second-order valence-corrected chi connectivity index (χ2v) is 9.34. The minimum atomic E-state index is -3.84. The number of benzene rings is 2. The molecular formula is C21H28N4O5S. The first-order chi connectivity index (χ1) is 14.8. The fourth-order valence-corrected chi connectivity index (χ4v) is 4.60. The van der Waals surface area contributed by atoms with E-state index in [2.05, 4.69) is 16.1 Å². The average molecular weight is 449 g/mol. The van der Waals surface area contributed by atoms with Crippen LogP contribution in [0, 0.1) is 13.8 Å². The van der Waals surface area contributed by atoms with Crippen LogP contribution in [-0.4, -0.2) is 56.8 Å². The molecular weight excluding hydrogens is 420 g/mol. The first-order valence-corrected chi connectivity index (χ1v) is 11.5. The van der Waals surface area contributed by atoms with Gasteiger partial charge >= 0.3 is 0 Å². The molecule has 0 unspecified atom stereocenters. The minimum Gasteiger partial charge on any atom is -0.489 e. The number of rotatable bonds is 9. The highest BCUT2D eigenvalue weighted by molar-refractivity contribution is 7.89. The van der Waals surface area contributed by atoms with E-state index in [1.807, 2.05) is 26.0 Å². The zero-order valence-corrected chi connectivity index (χ0v) is 18.4. The average Bonchev–Trinajstić information content (AvgIpc) is 3.26. The zero-order valence-electron chi connectivity index (χ0n) is 17.6. The highest BCUT2D eigenvalue weighted by Crippen LogP contribution is 2.18. The molecule has 0 aliphatic carbocycles. The van der Waals surface area contributed by atoms with Crippen molar-refractivity contribution >= 4 is 15.9 Å². The van der Waals surface area contributed by atoms with E-state index in [1.54, 1.807) is 22.5 Å². The van der Waals surface area contributed by atoms with Crippen molar-refractivity contribution < 1.29 is 23.2 Å². The van der Waals surface area contributed by atoms with E-state index in [0.29, 0.717) is 32.1 Å². The molecule has 2 aromatic carbocycles. The molecule has 0 saturated carbocycles. The van der Waals surface area contributed by atoms with Crippen molar-refractivity contribution in [3.05, 3.63) is 59.2 Å². The van der Waals surface area contributed by atoms with E-state index in [9.17, 15) is 13.2 Å². The highest BCUT2D eigenvalue weighted by Gasteiger charge is 2.29. The molecule has 0 bridgehead atoms. The number of ether oxygens (including phenoxy) is 1. The maximum absolute atomic E-state index is 12.6. The molecule has 1 aliphatic heterocycles. The predicted molar refractivity (Wildman–Crippen MR) is 115 cm³/mol. The number of carbonyl (C=O) groups excluding carboxylic acids is 1. The van der Waals surface area contributed by atoms with Gasteiger partial charge in [-0.3, -0.25) is 14.9 Å². The molecule has 168 valence electrons. The van der Waals surface area contributed by atoms with E-state index in [-0.39, 0.29) is 11.4 Å². The topological polar surface area (TPSA) is 120 Å². The number of hydroxylamine groups is 1. The van der Waals surface area contributed by atoms with Crippen LogP contribution in [0.1, 0.15) is 16.7 Å². The van der Waals surface area contributed by atoms with E-state index < -0.39 is 22.0 Å². The molecule has 1 atom stereocenters. The monoisotopic (exact) mass is 448 g/mol. The van der Waals surface area contributed by atoms with Gasteiger partial charge < -0.3 is 10.1 Å². The van der Waals surface area contributed by atoms with Gasteiger partial charge in [-0.2, -0.15) is 0 Å². The summed E-state index contributed by atoms with van der Waals surface area (Å²) in [5, 5.41) is 12.0. The van der Waals surface area contributed by atoms with Gasteiger partial charge in [0.25, 0.3) is 5.91 Å². The van der Waals surface area contributed by atoms with Crippen LogP contribution in [0.2, 0.25) is 0 Å². The van der Waals surface area contributed by atoms with Crippen LogP contribution in [-0.2, 0) is 21.4 Å². The van der Waals surface area contributed by atoms with Gasteiger partial charge in [0.05, 0.1) is 4.90 Å². The van der Waals surface area contributed by atoms with Gasteiger partial charge in [-0.05, 0) is 43.7 Å². The van der Waals surface area contributed by atoms with Crippen LogP contribution in [0.3, 0.4) is 0 Å². The summed E-state index contributed by atoms with van der Waals surface area (Å²) >= 11 is 0. The normalized spacial score (nSPS) is 15.6. The fourth-order valence-electron chi connectivity index (χ4n) is 3.56. The van der Waals surface area contributed by atoms with Crippen molar-refractivity contribution in [2.24, 2.45) is 0 Å². The number of nitrogens with zero attached hydrogens (tertiary/aromatic N) is 1. The first kappa shape index (κ1) is 23.2. The number of aryl methyl sites for hydroxylation is 2. The summed E-state index contributed by atoms with van der Waals surface area (Å²) in [5.74, 6) is -0.111. The Morgan fingerprint density at radius 2 is 1.87 bits per heavy atom. The second-order valence-electron chi connectivity index (χ2n) is 7.57. The summed E-state index contributed by atoms with van der Waals surface area (Å²) in [7, 11) is -3.84. The maximum atomic E-state index is 12.6. The zero-order chi connectivity index (χ0) is 22.4. The van der Waals surface area contributed by atoms with Crippen molar-refractivity contribution in [2.45, 2.75) is 31.4 Å². The molecule has 0 spiro atoms. The van der Waals surface area contributed by atoms with Crippen molar-refractivity contribution in [2.75, 3.05) is 26.3 Å². The molecule has 10 heteroatoms. The molecule has 0 radical (unpaired) electrons. The Balaban J connectivity index is 1.61. The molecule has 1 fully saturated rings. The standard InChI is InChI=1S/C21H28N4O5S/c1-15-9-16(2)11-17(10-15)13-30-18-3-5-19(6-4-18)31(28,29)23-12-20(21(26)24-27)25-8-7-22-14-25/h3-6,9-11,20,22-23,27H,7-8,12-14H2,1-2H3,(H,24,26)/t20-/m0/s1. The number of hydrogen-bond donors (Lipinski definition) is 4. The summed E-state index contributed by atoms with van der Waals surface area (Å²) in [6, 6.07) is 11.5. The molecule has 1 saturated heterocycles. The van der Waals surface area contributed by atoms with E-state index in [4.69, 9.17) is 9.94 Å². The SMILES string of the molecule is Cc1cc(C)cc(COc2ccc(S(=O)(=O)NC[C@@H](C(=O)NO)N3CCNC3)cc2)c1. The van der Waals surface area contributed by atoms with E-state index in [0.717, 1.165) is 16.7 Å². The van der Waals surface area contributed by atoms with E-state index >= 15 is 0 Å². The van der Waals surface area contributed by atoms with Gasteiger partial charge in [-0.15, -0.1) is 0 Å². The van der Waals surface area contributed by atoms with Crippen molar-refractivity contribution in [3.63, 3.8) is 0 Å². The summed E-state index contributed by atoms with van der Waals surface area (Å²) in [4.78, 5) is 13.8. The van der Waals surface area contributed by atoms with Gasteiger partial charge in [-0.1, -0.05) is 29.3 Å².